The molecular formula is C12H22N2O4. The van der Waals surface area contributed by atoms with Crippen LogP contribution in [0.15, 0.2) is 0 Å². The van der Waals surface area contributed by atoms with Crippen molar-refractivity contribution in [1.29, 1.82) is 0 Å². The largest absolute Gasteiger partial charge is 0.386 e. The van der Waals surface area contributed by atoms with E-state index in [0.29, 0.717) is 32.0 Å². The minimum atomic E-state index is -0.974. The molecule has 0 saturated heterocycles. The second-order valence-corrected chi connectivity index (χ2v) is 4.99. The Balaban J connectivity index is 4.00. The molecule has 6 heteroatoms. The number of nitrogens with two attached hydrogens (primary N) is 1. The lowest BCUT2D eigenvalue weighted by atomic mass is 9.85. The molecule has 0 radical (unpaired) electrons. The highest BCUT2D eigenvalue weighted by molar-refractivity contribution is 5.82. The molecule has 0 bridgehead atoms. The van der Waals surface area contributed by atoms with E-state index >= 15 is 0 Å². The summed E-state index contributed by atoms with van der Waals surface area (Å²) in [5.74, 6) is -0.194. The van der Waals surface area contributed by atoms with E-state index in [1.807, 2.05) is 0 Å². The highest BCUT2D eigenvalue weighted by atomic mass is 16.3. The monoisotopic (exact) mass is 258 g/mol. The highest BCUT2D eigenvalue weighted by Crippen LogP contribution is 2.21. The fourth-order valence-electron chi connectivity index (χ4n) is 1.55. The van der Waals surface area contributed by atoms with E-state index in [9.17, 15) is 14.4 Å². The van der Waals surface area contributed by atoms with Crippen molar-refractivity contribution in [2.45, 2.75) is 45.3 Å². The number of aliphatic hydroxyl groups is 1. The number of rotatable bonds is 9. The number of hydrogen-bond acceptors (Lipinski definition) is 5. The van der Waals surface area contributed by atoms with Crippen LogP contribution in [0.1, 0.15) is 33.1 Å². The lowest BCUT2D eigenvalue weighted by Gasteiger charge is -2.24. The topological polar surface area (TPSA) is 109 Å². The molecule has 0 fully saturated rings. The molecule has 104 valence electrons. The average molecular weight is 258 g/mol. The SMILES string of the molecule is CC(C)(C[C@H](N)C=O)C(=O)NCCCC(O)C=O. The van der Waals surface area contributed by atoms with Crippen molar-refractivity contribution < 1.29 is 19.5 Å². The zero-order valence-corrected chi connectivity index (χ0v) is 10.9. The highest BCUT2D eigenvalue weighted by Gasteiger charge is 2.29. The molecule has 2 atom stereocenters. The van der Waals surface area contributed by atoms with Crippen LogP contribution in [0.3, 0.4) is 0 Å². The first-order chi connectivity index (χ1) is 8.33. The lowest BCUT2D eigenvalue weighted by Crippen LogP contribution is -2.41. The first-order valence-electron chi connectivity index (χ1n) is 5.96. The molecule has 0 spiro atoms. The van der Waals surface area contributed by atoms with Gasteiger partial charge in [-0.25, -0.2) is 0 Å². The molecule has 0 aromatic carbocycles. The molecule has 0 saturated carbocycles. The zero-order valence-electron chi connectivity index (χ0n) is 10.9. The number of aliphatic hydroxyl groups excluding tert-OH is 1. The Morgan fingerprint density at radius 2 is 2.00 bits per heavy atom. The van der Waals surface area contributed by atoms with Gasteiger partial charge in [-0.3, -0.25) is 4.79 Å². The van der Waals surface area contributed by atoms with Crippen LogP contribution in [0.25, 0.3) is 0 Å². The third-order valence-corrected chi connectivity index (χ3v) is 2.65. The van der Waals surface area contributed by atoms with Crippen molar-refractivity contribution >= 4 is 18.5 Å². The maximum absolute atomic E-state index is 11.8. The summed E-state index contributed by atoms with van der Waals surface area (Å²) < 4.78 is 0. The van der Waals surface area contributed by atoms with Crippen LogP contribution in [-0.2, 0) is 14.4 Å². The first-order valence-corrected chi connectivity index (χ1v) is 5.96. The van der Waals surface area contributed by atoms with Crippen LogP contribution in [0.5, 0.6) is 0 Å². The quantitative estimate of drug-likeness (QED) is 0.377. The molecule has 0 rings (SSSR count). The Bertz CT molecular complexity index is 292. The lowest BCUT2D eigenvalue weighted by molar-refractivity contribution is -0.130. The molecule has 1 amide bonds. The number of nitrogens with one attached hydrogen (secondary N) is 1. The maximum Gasteiger partial charge on any atom is 0.225 e. The summed E-state index contributed by atoms with van der Waals surface area (Å²) in [7, 11) is 0. The van der Waals surface area contributed by atoms with Gasteiger partial charge in [0.25, 0.3) is 0 Å². The summed E-state index contributed by atoms with van der Waals surface area (Å²) in [6.45, 7) is 3.81. The molecule has 18 heavy (non-hydrogen) atoms. The third kappa shape index (κ3) is 6.46. The van der Waals surface area contributed by atoms with Crippen LogP contribution in [0.4, 0.5) is 0 Å². The van der Waals surface area contributed by atoms with Crippen LogP contribution in [0, 0.1) is 5.41 Å². The molecule has 6 nitrogen and oxygen atoms in total. The van der Waals surface area contributed by atoms with E-state index in [1.165, 1.54) is 0 Å². The smallest absolute Gasteiger partial charge is 0.225 e. The fraction of sp³-hybridized carbons (Fsp3) is 0.750. The molecule has 0 aliphatic rings. The van der Waals surface area contributed by atoms with Crippen LogP contribution >= 0.6 is 0 Å². The van der Waals surface area contributed by atoms with Crippen LogP contribution < -0.4 is 11.1 Å². The van der Waals surface area contributed by atoms with Crippen molar-refractivity contribution in [3.8, 4) is 0 Å². The molecule has 0 aromatic rings. The Labute approximate surface area is 107 Å². The normalized spacial score (nSPS) is 14.7. The van der Waals surface area contributed by atoms with Crippen molar-refractivity contribution in [3.63, 3.8) is 0 Å². The molecular weight excluding hydrogens is 236 g/mol. The number of amides is 1. The van der Waals surface area contributed by atoms with Gasteiger partial charge in [-0.15, -0.1) is 0 Å². The summed E-state index contributed by atoms with van der Waals surface area (Å²) in [5, 5.41) is 11.7. The summed E-state index contributed by atoms with van der Waals surface area (Å²) in [5.41, 5.74) is 4.77. The van der Waals surface area contributed by atoms with Crippen LogP contribution in [0.2, 0.25) is 0 Å². The second-order valence-electron chi connectivity index (χ2n) is 4.99. The number of aldehydes is 2. The maximum atomic E-state index is 11.8. The van der Waals surface area contributed by atoms with E-state index in [2.05, 4.69) is 5.32 Å². The van der Waals surface area contributed by atoms with Crippen molar-refractivity contribution in [3.05, 3.63) is 0 Å². The van der Waals surface area contributed by atoms with E-state index in [4.69, 9.17) is 10.8 Å². The van der Waals surface area contributed by atoms with Crippen molar-refractivity contribution in [2.75, 3.05) is 6.54 Å². The summed E-state index contributed by atoms with van der Waals surface area (Å²) in [4.78, 5) is 32.4. The van der Waals surface area contributed by atoms with Gasteiger partial charge < -0.3 is 25.7 Å². The number of carbonyl (C=O) groups excluding carboxylic acids is 3. The standard InChI is InChI=1S/C12H22N2O4/c1-12(2,6-9(13)7-15)11(18)14-5-3-4-10(17)8-16/h7-10,17H,3-6,13H2,1-2H3,(H,14,18)/t9-,10?/m0/s1. The predicted molar refractivity (Wildman–Crippen MR) is 66.8 cm³/mol. The van der Waals surface area contributed by atoms with Gasteiger partial charge in [-0.2, -0.15) is 0 Å². The summed E-state index contributed by atoms with van der Waals surface area (Å²) in [6.07, 6.45) is 1.22. The van der Waals surface area contributed by atoms with Crippen LogP contribution in [-0.4, -0.2) is 42.3 Å². The minimum Gasteiger partial charge on any atom is -0.386 e. The Kier molecular flexibility index (Phi) is 7.38. The van der Waals surface area contributed by atoms with Crippen molar-refractivity contribution in [1.82, 2.24) is 5.32 Å². The Hall–Kier alpha value is -1.27. The van der Waals surface area contributed by atoms with Crippen molar-refractivity contribution in [2.24, 2.45) is 11.1 Å². The number of carbonyl (C=O) groups is 3. The van der Waals surface area contributed by atoms with Gasteiger partial charge in [0.2, 0.25) is 5.91 Å². The molecule has 4 N–H and O–H groups in total. The predicted octanol–water partition coefficient (Wildman–Crippen LogP) is -0.615. The van der Waals surface area contributed by atoms with Gasteiger partial charge in [0.1, 0.15) is 18.7 Å². The van der Waals surface area contributed by atoms with Gasteiger partial charge in [-0.05, 0) is 19.3 Å². The van der Waals surface area contributed by atoms with Gasteiger partial charge in [0, 0.05) is 12.0 Å². The van der Waals surface area contributed by atoms with E-state index < -0.39 is 17.6 Å². The van der Waals surface area contributed by atoms with Gasteiger partial charge in [0.05, 0.1) is 6.04 Å². The molecule has 1 unspecified atom stereocenters. The first kappa shape index (κ1) is 16.7. The molecule has 0 heterocycles. The molecule has 0 aliphatic carbocycles. The second kappa shape index (κ2) is 7.94. The Morgan fingerprint density at radius 3 is 2.50 bits per heavy atom. The van der Waals surface area contributed by atoms with E-state index in [1.54, 1.807) is 13.8 Å². The average Bonchev–Trinajstić information content (AvgIpc) is 2.33. The number of hydrogen-bond donors (Lipinski definition) is 3. The summed E-state index contributed by atoms with van der Waals surface area (Å²) >= 11 is 0. The third-order valence-electron chi connectivity index (χ3n) is 2.65. The van der Waals surface area contributed by atoms with Gasteiger partial charge in [-0.1, -0.05) is 13.8 Å². The zero-order chi connectivity index (χ0) is 14.2. The van der Waals surface area contributed by atoms with E-state index in [0.717, 1.165) is 0 Å². The molecule has 0 aromatic heterocycles. The molecule has 0 aliphatic heterocycles. The Morgan fingerprint density at radius 1 is 1.39 bits per heavy atom. The summed E-state index contributed by atoms with van der Waals surface area (Å²) in [6, 6.07) is -0.650. The van der Waals surface area contributed by atoms with Gasteiger partial charge in [0.15, 0.2) is 0 Å². The minimum absolute atomic E-state index is 0.194. The van der Waals surface area contributed by atoms with Gasteiger partial charge >= 0.3 is 0 Å². The van der Waals surface area contributed by atoms with E-state index in [-0.39, 0.29) is 12.3 Å². The fourth-order valence-corrected chi connectivity index (χ4v) is 1.55.